The molecule has 1 aliphatic heterocycles. The van der Waals surface area contributed by atoms with Gasteiger partial charge < -0.3 is 10.1 Å². The van der Waals surface area contributed by atoms with Crippen molar-refractivity contribution in [2.24, 2.45) is 0 Å². The van der Waals surface area contributed by atoms with E-state index >= 15 is 0 Å². The lowest BCUT2D eigenvalue weighted by atomic mass is 9.88. The summed E-state index contributed by atoms with van der Waals surface area (Å²) < 4.78 is 6.11. The van der Waals surface area contributed by atoms with Gasteiger partial charge >= 0.3 is 0 Å². The highest BCUT2D eigenvalue weighted by Gasteiger charge is 2.39. The van der Waals surface area contributed by atoms with Crippen molar-refractivity contribution < 1.29 is 4.74 Å². The van der Waals surface area contributed by atoms with Gasteiger partial charge in [0.25, 0.3) is 0 Å². The lowest BCUT2D eigenvalue weighted by Gasteiger charge is -2.39. The molecule has 2 fully saturated rings. The van der Waals surface area contributed by atoms with E-state index in [4.69, 9.17) is 4.74 Å². The fourth-order valence-corrected chi connectivity index (χ4v) is 4.44. The van der Waals surface area contributed by atoms with Gasteiger partial charge in [0.2, 0.25) is 0 Å². The van der Waals surface area contributed by atoms with E-state index in [2.05, 4.69) is 29.1 Å². The minimum Gasteiger partial charge on any atom is -0.375 e. The summed E-state index contributed by atoms with van der Waals surface area (Å²) in [5.74, 6) is 0. The predicted molar refractivity (Wildman–Crippen MR) is 80.8 cm³/mol. The third-order valence-electron chi connectivity index (χ3n) is 4.65. The van der Waals surface area contributed by atoms with Crippen molar-refractivity contribution in [3.8, 4) is 0 Å². The van der Waals surface area contributed by atoms with Crippen LogP contribution in [0.25, 0.3) is 0 Å². The van der Waals surface area contributed by atoms with Crippen molar-refractivity contribution in [3.63, 3.8) is 0 Å². The molecule has 1 saturated heterocycles. The average Bonchev–Trinajstić information content (AvgIpc) is 3.02. The Morgan fingerprint density at radius 2 is 2.32 bits per heavy atom. The summed E-state index contributed by atoms with van der Waals surface area (Å²) in [6.07, 6.45) is 8.83. The summed E-state index contributed by atoms with van der Waals surface area (Å²) in [7, 11) is 0. The van der Waals surface area contributed by atoms with Crippen LogP contribution in [0.4, 0.5) is 0 Å². The molecule has 0 bridgehead atoms. The number of ether oxygens (including phenoxy) is 1. The van der Waals surface area contributed by atoms with Crippen molar-refractivity contribution in [2.75, 3.05) is 6.61 Å². The molecule has 1 aromatic heterocycles. The number of thiophene rings is 1. The monoisotopic (exact) mass is 279 g/mol. The van der Waals surface area contributed by atoms with E-state index in [9.17, 15) is 0 Å². The third-order valence-corrected chi connectivity index (χ3v) is 5.38. The van der Waals surface area contributed by atoms with Crippen LogP contribution in [0.3, 0.4) is 0 Å². The SMILES string of the molecule is CC(Cc1ccsc1)NC1CCOC2(CCCC2)C1. The number of hydrogen-bond donors (Lipinski definition) is 1. The second-order valence-corrected chi connectivity index (χ2v) is 7.11. The molecule has 19 heavy (non-hydrogen) atoms. The van der Waals surface area contributed by atoms with Crippen molar-refractivity contribution in [2.45, 2.75) is 69.6 Å². The fourth-order valence-electron chi connectivity index (χ4n) is 3.76. The first kappa shape index (κ1) is 13.6. The van der Waals surface area contributed by atoms with E-state index in [1.54, 1.807) is 11.3 Å². The Kier molecular flexibility index (Phi) is 4.25. The first-order valence-electron chi connectivity index (χ1n) is 7.67. The maximum absolute atomic E-state index is 6.11. The van der Waals surface area contributed by atoms with E-state index in [0.717, 1.165) is 13.0 Å². The smallest absolute Gasteiger partial charge is 0.0697 e. The maximum Gasteiger partial charge on any atom is 0.0697 e. The second kappa shape index (κ2) is 5.94. The van der Waals surface area contributed by atoms with E-state index in [1.165, 1.54) is 44.1 Å². The van der Waals surface area contributed by atoms with Crippen LogP contribution < -0.4 is 5.32 Å². The highest BCUT2D eigenvalue weighted by molar-refractivity contribution is 7.07. The lowest BCUT2D eigenvalue weighted by Crippen LogP contribution is -2.48. The molecule has 2 atom stereocenters. The Morgan fingerprint density at radius 3 is 3.05 bits per heavy atom. The highest BCUT2D eigenvalue weighted by atomic mass is 32.1. The topological polar surface area (TPSA) is 21.3 Å². The van der Waals surface area contributed by atoms with Gasteiger partial charge in [0.1, 0.15) is 0 Å². The molecule has 3 rings (SSSR count). The molecule has 2 aliphatic rings. The van der Waals surface area contributed by atoms with Crippen LogP contribution in [0, 0.1) is 0 Å². The largest absolute Gasteiger partial charge is 0.375 e. The zero-order valence-corrected chi connectivity index (χ0v) is 12.7. The Bertz CT molecular complexity index is 383. The Balaban J connectivity index is 1.51. The molecule has 1 N–H and O–H groups in total. The number of nitrogens with one attached hydrogen (secondary N) is 1. The van der Waals surface area contributed by atoms with Crippen LogP contribution in [0.2, 0.25) is 0 Å². The summed E-state index contributed by atoms with van der Waals surface area (Å²) in [4.78, 5) is 0. The lowest BCUT2D eigenvalue weighted by molar-refractivity contribution is -0.0845. The minimum absolute atomic E-state index is 0.234. The fraction of sp³-hybridized carbons (Fsp3) is 0.750. The summed E-state index contributed by atoms with van der Waals surface area (Å²) in [6, 6.07) is 3.46. The highest BCUT2D eigenvalue weighted by Crippen LogP contribution is 2.40. The van der Waals surface area contributed by atoms with Gasteiger partial charge in [0, 0.05) is 18.7 Å². The predicted octanol–water partition coefficient (Wildman–Crippen LogP) is 3.76. The molecule has 3 heteroatoms. The standard InChI is InChI=1S/C16H25NOS/c1-13(10-14-5-9-19-12-14)17-15-4-8-18-16(11-15)6-2-3-7-16/h5,9,12-13,15,17H,2-4,6-8,10-11H2,1H3. The zero-order chi connectivity index (χ0) is 13.1. The maximum atomic E-state index is 6.11. The molecule has 0 aromatic carbocycles. The number of hydrogen-bond acceptors (Lipinski definition) is 3. The van der Waals surface area contributed by atoms with Gasteiger partial charge in [-0.25, -0.2) is 0 Å². The molecule has 0 amide bonds. The van der Waals surface area contributed by atoms with Crippen LogP contribution in [-0.2, 0) is 11.2 Å². The van der Waals surface area contributed by atoms with Gasteiger partial charge in [-0.2, -0.15) is 11.3 Å². The number of rotatable bonds is 4. The van der Waals surface area contributed by atoms with Crippen molar-refractivity contribution in [1.29, 1.82) is 0 Å². The minimum atomic E-state index is 0.234. The van der Waals surface area contributed by atoms with Crippen LogP contribution in [0.15, 0.2) is 16.8 Å². The quantitative estimate of drug-likeness (QED) is 0.906. The molecular formula is C16H25NOS. The van der Waals surface area contributed by atoms with Crippen LogP contribution in [-0.4, -0.2) is 24.3 Å². The normalized spacial score (nSPS) is 27.7. The van der Waals surface area contributed by atoms with E-state index in [1.807, 2.05) is 0 Å². The molecule has 106 valence electrons. The molecule has 2 nitrogen and oxygen atoms in total. The summed E-state index contributed by atoms with van der Waals surface area (Å²) >= 11 is 1.80. The molecule has 1 aromatic rings. The molecule has 2 unspecified atom stereocenters. The van der Waals surface area contributed by atoms with Crippen molar-refractivity contribution in [1.82, 2.24) is 5.32 Å². The van der Waals surface area contributed by atoms with Crippen LogP contribution in [0.5, 0.6) is 0 Å². The third kappa shape index (κ3) is 3.39. The summed E-state index contributed by atoms with van der Waals surface area (Å²) in [6.45, 7) is 3.26. The van der Waals surface area contributed by atoms with Gasteiger partial charge in [0.15, 0.2) is 0 Å². The van der Waals surface area contributed by atoms with E-state index < -0.39 is 0 Å². The van der Waals surface area contributed by atoms with Gasteiger partial charge in [-0.3, -0.25) is 0 Å². The molecule has 1 spiro atoms. The Hall–Kier alpha value is -0.380. The molecule has 2 heterocycles. The molecule has 1 saturated carbocycles. The van der Waals surface area contributed by atoms with E-state index in [-0.39, 0.29) is 5.60 Å². The average molecular weight is 279 g/mol. The van der Waals surface area contributed by atoms with Crippen molar-refractivity contribution in [3.05, 3.63) is 22.4 Å². The van der Waals surface area contributed by atoms with Gasteiger partial charge in [-0.15, -0.1) is 0 Å². The Labute approximate surface area is 120 Å². The molecular weight excluding hydrogens is 254 g/mol. The zero-order valence-electron chi connectivity index (χ0n) is 11.9. The summed E-state index contributed by atoms with van der Waals surface area (Å²) in [5, 5.41) is 8.27. The first-order chi connectivity index (χ1) is 9.26. The van der Waals surface area contributed by atoms with Gasteiger partial charge in [-0.05, 0) is 61.4 Å². The van der Waals surface area contributed by atoms with Crippen molar-refractivity contribution >= 4 is 11.3 Å². The Morgan fingerprint density at radius 1 is 1.47 bits per heavy atom. The van der Waals surface area contributed by atoms with Gasteiger partial charge in [0.05, 0.1) is 5.60 Å². The first-order valence-corrected chi connectivity index (χ1v) is 8.61. The van der Waals surface area contributed by atoms with Crippen LogP contribution >= 0.6 is 11.3 Å². The second-order valence-electron chi connectivity index (χ2n) is 6.33. The van der Waals surface area contributed by atoms with Gasteiger partial charge in [-0.1, -0.05) is 12.8 Å². The van der Waals surface area contributed by atoms with Crippen LogP contribution in [0.1, 0.15) is 51.0 Å². The summed E-state index contributed by atoms with van der Waals surface area (Å²) in [5.41, 5.74) is 1.70. The molecule has 1 aliphatic carbocycles. The molecule has 0 radical (unpaired) electrons. The van der Waals surface area contributed by atoms with E-state index in [0.29, 0.717) is 12.1 Å².